The summed E-state index contributed by atoms with van der Waals surface area (Å²) in [6.07, 6.45) is -2.08. The van der Waals surface area contributed by atoms with Gasteiger partial charge in [0.05, 0.1) is 178 Å². The number of aliphatic hydroxyl groups excluding tert-OH is 2. The first kappa shape index (κ1) is 58.4. The lowest BCUT2D eigenvalue weighted by Gasteiger charge is -2.23. The molecule has 0 aliphatic rings. The normalized spacial score (nSPS) is 19.5. The number of hydrogen-bond acceptors (Lipinski definition) is 16. The van der Waals surface area contributed by atoms with Crippen molar-refractivity contribution in [1.82, 2.24) is 0 Å². The summed E-state index contributed by atoms with van der Waals surface area (Å²) in [5, 5.41) is 18.8. The largest absolute Gasteiger partial charge is 0.394 e. The minimum atomic E-state index is -0.649. The van der Waals surface area contributed by atoms with Crippen LogP contribution in [0.4, 0.5) is 0 Å². The second-order valence-corrected chi connectivity index (χ2v) is 16.2. The summed E-state index contributed by atoms with van der Waals surface area (Å²) < 4.78 is 80.9. The molecule has 0 aromatic rings. The molecular weight excluding hydrogens is 772 g/mol. The first-order chi connectivity index (χ1) is 27.9. The average Bonchev–Trinajstić information content (AvgIpc) is 3.21. The molecule has 0 aromatic carbocycles. The summed E-state index contributed by atoms with van der Waals surface area (Å²) in [7, 11) is 1.54. The van der Waals surface area contributed by atoms with Crippen LogP contribution in [0, 0.1) is 0 Å². The standard InChI is InChI=1S/C43H88O16/c1-30(15-44)47-16-31(2)48-17-32(3)49-18-33(4)50-19-34(5)51-20-35(6)52-21-36(7)53-22-37(8)54-23-38(9)55-24-39(10)56-25-40(11)57-26-41(12)58-27-42(13)59-29-43(45)28-46-14/h30-45H,15-29H2,1-14H3. The summed E-state index contributed by atoms with van der Waals surface area (Å²) in [5.74, 6) is 0. The maximum absolute atomic E-state index is 9.70. The van der Waals surface area contributed by atoms with E-state index in [1.807, 2.05) is 90.0 Å². The highest BCUT2D eigenvalue weighted by Crippen LogP contribution is 2.08. The molecule has 0 radical (unpaired) electrons. The molecule has 14 atom stereocenters. The summed E-state index contributed by atoms with van der Waals surface area (Å²) >= 11 is 0. The van der Waals surface area contributed by atoms with Gasteiger partial charge in [-0.15, -0.1) is 0 Å². The van der Waals surface area contributed by atoms with Crippen LogP contribution in [0.2, 0.25) is 0 Å². The van der Waals surface area contributed by atoms with E-state index in [4.69, 9.17) is 71.4 Å². The van der Waals surface area contributed by atoms with E-state index in [0.717, 1.165) is 0 Å². The van der Waals surface area contributed by atoms with E-state index < -0.39 is 6.10 Å². The summed E-state index contributed by atoms with van der Waals surface area (Å²) in [5.41, 5.74) is 0. The SMILES string of the molecule is COCC(O)COC(C)COC(C)COC(C)COC(C)COC(C)COC(C)COC(C)COC(C)COC(C)COC(C)COC(C)COC(C)COC(C)CO. The van der Waals surface area contributed by atoms with Crippen LogP contribution in [0.1, 0.15) is 90.0 Å². The van der Waals surface area contributed by atoms with E-state index in [9.17, 15) is 5.11 Å². The first-order valence-electron chi connectivity index (χ1n) is 21.7. The molecule has 59 heavy (non-hydrogen) atoms. The van der Waals surface area contributed by atoms with E-state index in [-0.39, 0.29) is 99.2 Å². The highest BCUT2D eigenvalue weighted by molar-refractivity contribution is 4.62. The van der Waals surface area contributed by atoms with Gasteiger partial charge in [0.25, 0.3) is 0 Å². The molecule has 0 bridgehead atoms. The molecule has 0 rings (SSSR count). The van der Waals surface area contributed by atoms with Gasteiger partial charge in [-0.25, -0.2) is 0 Å². The third-order valence-electron chi connectivity index (χ3n) is 8.57. The number of ether oxygens (including phenoxy) is 14. The molecule has 0 amide bonds. The number of aliphatic hydroxyl groups is 2. The summed E-state index contributed by atoms with van der Waals surface area (Å²) in [4.78, 5) is 0. The van der Waals surface area contributed by atoms with Gasteiger partial charge in [0.15, 0.2) is 0 Å². The van der Waals surface area contributed by atoms with Crippen LogP contribution in [-0.2, 0) is 66.3 Å². The van der Waals surface area contributed by atoms with Crippen molar-refractivity contribution in [1.29, 1.82) is 0 Å². The zero-order chi connectivity index (χ0) is 44.6. The van der Waals surface area contributed by atoms with Crippen molar-refractivity contribution >= 4 is 0 Å². The predicted molar refractivity (Wildman–Crippen MR) is 225 cm³/mol. The molecule has 16 heteroatoms. The second-order valence-electron chi connectivity index (χ2n) is 16.2. The molecule has 0 saturated carbocycles. The van der Waals surface area contributed by atoms with Gasteiger partial charge in [-0.3, -0.25) is 0 Å². The third-order valence-corrected chi connectivity index (χ3v) is 8.57. The molecule has 0 saturated heterocycles. The molecular formula is C43H88O16. The van der Waals surface area contributed by atoms with Gasteiger partial charge in [-0.05, 0) is 90.0 Å². The van der Waals surface area contributed by atoms with E-state index in [1.54, 1.807) is 7.11 Å². The fourth-order valence-electron chi connectivity index (χ4n) is 4.74. The Hall–Kier alpha value is -0.640. The molecule has 16 nitrogen and oxygen atoms in total. The molecule has 0 fully saturated rings. The Morgan fingerprint density at radius 3 is 0.559 bits per heavy atom. The van der Waals surface area contributed by atoms with Crippen LogP contribution in [0.5, 0.6) is 0 Å². The van der Waals surface area contributed by atoms with Crippen LogP contribution >= 0.6 is 0 Å². The predicted octanol–water partition coefficient (Wildman–Crippen LogP) is 4.25. The van der Waals surface area contributed by atoms with Crippen molar-refractivity contribution in [3.8, 4) is 0 Å². The molecule has 2 N–H and O–H groups in total. The van der Waals surface area contributed by atoms with Gasteiger partial charge in [-0.2, -0.15) is 0 Å². The topological polar surface area (TPSA) is 170 Å². The van der Waals surface area contributed by atoms with Crippen molar-refractivity contribution in [2.24, 2.45) is 0 Å². The molecule has 0 spiro atoms. The third kappa shape index (κ3) is 36.5. The lowest BCUT2D eigenvalue weighted by molar-refractivity contribution is -0.115. The van der Waals surface area contributed by atoms with E-state index in [1.165, 1.54) is 0 Å². The Morgan fingerprint density at radius 1 is 0.254 bits per heavy atom. The van der Waals surface area contributed by atoms with Crippen molar-refractivity contribution in [3.05, 3.63) is 0 Å². The summed E-state index contributed by atoms with van der Waals surface area (Å²) in [6, 6.07) is 0. The minimum Gasteiger partial charge on any atom is -0.394 e. The van der Waals surface area contributed by atoms with Crippen molar-refractivity contribution in [2.45, 2.75) is 175 Å². The van der Waals surface area contributed by atoms with Crippen LogP contribution in [0.15, 0.2) is 0 Å². The lowest BCUT2D eigenvalue weighted by Crippen LogP contribution is -2.31. The van der Waals surface area contributed by atoms with E-state index in [0.29, 0.717) is 79.3 Å². The maximum Gasteiger partial charge on any atom is 0.101 e. The Balaban J connectivity index is 3.97. The zero-order valence-corrected chi connectivity index (χ0v) is 39.3. The number of hydrogen-bond donors (Lipinski definition) is 2. The Labute approximate surface area is 357 Å². The fraction of sp³-hybridized carbons (Fsp3) is 1.00. The fourth-order valence-corrected chi connectivity index (χ4v) is 4.74. The van der Waals surface area contributed by atoms with Crippen molar-refractivity contribution in [3.63, 3.8) is 0 Å². The first-order valence-corrected chi connectivity index (χ1v) is 21.7. The average molecular weight is 861 g/mol. The second kappa shape index (κ2) is 36.8. The molecule has 14 unspecified atom stereocenters. The maximum atomic E-state index is 9.70. The van der Waals surface area contributed by atoms with Gasteiger partial charge in [-0.1, -0.05) is 0 Å². The Kier molecular flexibility index (Phi) is 36.4. The molecule has 0 aromatic heterocycles. The van der Waals surface area contributed by atoms with Gasteiger partial charge in [0.2, 0.25) is 0 Å². The summed E-state index contributed by atoms with van der Waals surface area (Å²) in [6.45, 7) is 31.0. The van der Waals surface area contributed by atoms with Crippen molar-refractivity contribution < 1.29 is 76.5 Å². The van der Waals surface area contributed by atoms with Crippen LogP contribution in [0.25, 0.3) is 0 Å². The van der Waals surface area contributed by atoms with Gasteiger partial charge in [0.1, 0.15) is 6.10 Å². The minimum absolute atomic E-state index is 0.00982. The highest BCUT2D eigenvalue weighted by atomic mass is 16.6. The molecule has 0 aliphatic heterocycles. The molecule has 0 aliphatic carbocycles. The van der Waals surface area contributed by atoms with Gasteiger partial charge in [0, 0.05) is 7.11 Å². The Bertz CT molecular complexity index is 923. The van der Waals surface area contributed by atoms with Crippen LogP contribution < -0.4 is 0 Å². The monoisotopic (exact) mass is 861 g/mol. The number of methoxy groups -OCH3 is 1. The van der Waals surface area contributed by atoms with E-state index >= 15 is 0 Å². The Morgan fingerprint density at radius 2 is 0.407 bits per heavy atom. The smallest absolute Gasteiger partial charge is 0.101 e. The van der Waals surface area contributed by atoms with Crippen molar-refractivity contribution in [2.75, 3.05) is 106 Å². The zero-order valence-electron chi connectivity index (χ0n) is 39.3. The quantitative estimate of drug-likeness (QED) is 0.0893. The van der Waals surface area contributed by atoms with Gasteiger partial charge < -0.3 is 76.5 Å². The highest BCUT2D eigenvalue weighted by Gasteiger charge is 2.17. The lowest BCUT2D eigenvalue weighted by atomic mass is 10.3. The molecule has 356 valence electrons. The van der Waals surface area contributed by atoms with E-state index in [2.05, 4.69) is 0 Å². The van der Waals surface area contributed by atoms with Crippen LogP contribution in [0.3, 0.4) is 0 Å². The molecule has 0 heterocycles. The number of rotatable bonds is 42. The van der Waals surface area contributed by atoms with Crippen LogP contribution in [-0.4, -0.2) is 202 Å². The van der Waals surface area contributed by atoms with Gasteiger partial charge >= 0.3 is 0 Å².